The van der Waals surface area contributed by atoms with Gasteiger partial charge in [-0.1, -0.05) is 31.2 Å². The average Bonchev–Trinajstić information content (AvgIpc) is 2.18. The molecular formula is C11H17NS. The number of benzene rings is 1. The molecule has 1 aromatic carbocycles. The zero-order valence-electron chi connectivity index (χ0n) is 8.29. The standard InChI is InChI=1S/C11H17NS/c1-3-9-5-4-6-10(7-9)11(12)8-13-2/h4-7,11H,3,8,12H2,1-2H3. The summed E-state index contributed by atoms with van der Waals surface area (Å²) in [7, 11) is 0. The number of hydrogen-bond acceptors (Lipinski definition) is 2. The second-order valence-corrected chi connectivity index (χ2v) is 4.07. The third-order valence-corrected chi connectivity index (χ3v) is 2.83. The van der Waals surface area contributed by atoms with Gasteiger partial charge in [-0.3, -0.25) is 0 Å². The van der Waals surface area contributed by atoms with Crippen molar-refractivity contribution in [3.05, 3.63) is 35.4 Å². The van der Waals surface area contributed by atoms with Crippen LogP contribution in [0.4, 0.5) is 0 Å². The highest BCUT2D eigenvalue weighted by atomic mass is 32.2. The minimum Gasteiger partial charge on any atom is -0.323 e. The van der Waals surface area contributed by atoms with Crippen molar-refractivity contribution in [2.75, 3.05) is 12.0 Å². The summed E-state index contributed by atoms with van der Waals surface area (Å²) in [6, 6.07) is 8.74. The van der Waals surface area contributed by atoms with Crippen molar-refractivity contribution in [1.29, 1.82) is 0 Å². The topological polar surface area (TPSA) is 26.0 Å². The first-order valence-corrected chi connectivity index (χ1v) is 6.00. The van der Waals surface area contributed by atoms with Crippen LogP contribution in [0.1, 0.15) is 24.1 Å². The Morgan fingerprint density at radius 2 is 2.23 bits per heavy atom. The van der Waals surface area contributed by atoms with E-state index in [9.17, 15) is 0 Å². The van der Waals surface area contributed by atoms with E-state index in [0.29, 0.717) is 0 Å². The first-order valence-electron chi connectivity index (χ1n) is 4.61. The Labute approximate surface area is 84.7 Å². The Morgan fingerprint density at radius 1 is 1.46 bits per heavy atom. The van der Waals surface area contributed by atoms with Crippen LogP contribution in [0, 0.1) is 0 Å². The fraction of sp³-hybridized carbons (Fsp3) is 0.455. The van der Waals surface area contributed by atoms with Crippen LogP contribution >= 0.6 is 11.8 Å². The second kappa shape index (κ2) is 5.30. The first-order chi connectivity index (χ1) is 6.27. The van der Waals surface area contributed by atoms with Crippen molar-refractivity contribution in [2.45, 2.75) is 19.4 Å². The van der Waals surface area contributed by atoms with Crippen molar-refractivity contribution < 1.29 is 0 Å². The van der Waals surface area contributed by atoms with Crippen molar-refractivity contribution in [1.82, 2.24) is 0 Å². The Kier molecular flexibility index (Phi) is 4.33. The van der Waals surface area contributed by atoms with Gasteiger partial charge in [0.05, 0.1) is 0 Å². The van der Waals surface area contributed by atoms with E-state index in [-0.39, 0.29) is 6.04 Å². The molecule has 1 atom stereocenters. The summed E-state index contributed by atoms with van der Waals surface area (Å²) < 4.78 is 0. The predicted octanol–water partition coefficient (Wildman–Crippen LogP) is 2.61. The molecule has 0 spiro atoms. The highest BCUT2D eigenvalue weighted by molar-refractivity contribution is 7.98. The zero-order chi connectivity index (χ0) is 9.68. The summed E-state index contributed by atoms with van der Waals surface area (Å²) >= 11 is 1.79. The van der Waals surface area contributed by atoms with E-state index in [0.717, 1.165) is 12.2 Å². The third kappa shape index (κ3) is 3.05. The van der Waals surface area contributed by atoms with Gasteiger partial charge in [0, 0.05) is 11.8 Å². The molecule has 1 aromatic rings. The summed E-state index contributed by atoms with van der Waals surface area (Å²) in [4.78, 5) is 0. The maximum Gasteiger partial charge on any atom is 0.0386 e. The van der Waals surface area contributed by atoms with Crippen LogP contribution in [-0.2, 0) is 6.42 Å². The molecule has 1 unspecified atom stereocenters. The molecule has 0 radical (unpaired) electrons. The van der Waals surface area contributed by atoms with Gasteiger partial charge in [0.2, 0.25) is 0 Å². The lowest BCUT2D eigenvalue weighted by Crippen LogP contribution is -2.12. The molecule has 0 aliphatic heterocycles. The van der Waals surface area contributed by atoms with E-state index in [1.165, 1.54) is 11.1 Å². The van der Waals surface area contributed by atoms with Gasteiger partial charge in [-0.05, 0) is 23.8 Å². The largest absolute Gasteiger partial charge is 0.323 e. The monoisotopic (exact) mass is 195 g/mol. The maximum absolute atomic E-state index is 6.01. The average molecular weight is 195 g/mol. The van der Waals surface area contributed by atoms with Gasteiger partial charge >= 0.3 is 0 Å². The van der Waals surface area contributed by atoms with Crippen molar-refractivity contribution in [3.63, 3.8) is 0 Å². The van der Waals surface area contributed by atoms with Crippen LogP contribution in [0.3, 0.4) is 0 Å². The second-order valence-electron chi connectivity index (χ2n) is 3.16. The Morgan fingerprint density at radius 3 is 2.85 bits per heavy atom. The summed E-state index contributed by atoms with van der Waals surface area (Å²) in [5.41, 5.74) is 8.64. The zero-order valence-corrected chi connectivity index (χ0v) is 9.10. The Balaban J connectivity index is 2.75. The first kappa shape index (κ1) is 10.6. The molecule has 13 heavy (non-hydrogen) atoms. The summed E-state index contributed by atoms with van der Waals surface area (Å²) in [6.45, 7) is 2.17. The lowest BCUT2D eigenvalue weighted by atomic mass is 10.0. The lowest BCUT2D eigenvalue weighted by Gasteiger charge is -2.11. The van der Waals surface area contributed by atoms with E-state index in [1.807, 2.05) is 0 Å². The minimum absolute atomic E-state index is 0.182. The highest BCUT2D eigenvalue weighted by Crippen LogP contribution is 2.16. The van der Waals surface area contributed by atoms with E-state index < -0.39 is 0 Å². The molecule has 0 aromatic heterocycles. The van der Waals surface area contributed by atoms with Crippen molar-refractivity contribution in [2.24, 2.45) is 5.73 Å². The molecular weight excluding hydrogens is 178 g/mol. The van der Waals surface area contributed by atoms with Gasteiger partial charge in [0.15, 0.2) is 0 Å². The molecule has 0 fully saturated rings. The third-order valence-electron chi connectivity index (χ3n) is 2.13. The number of aryl methyl sites for hydroxylation is 1. The maximum atomic E-state index is 6.01. The fourth-order valence-corrected chi connectivity index (χ4v) is 1.87. The summed E-state index contributed by atoms with van der Waals surface area (Å²) in [6.07, 6.45) is 3.17. The molecule has 2 heteroatoms. The van der Waals surface area contributed by atoms with E-state index >= 15 is 0 Å². The number of hydrogen-bond donors (Lipinski definition) is 1. The molecule has 2 N–H and O–H groups in total. The van der Waals surface area contributed by atoms with Crippen LogP contribution in [0.5, 0.6) is 0 Å². The molecule has 1 nitrogen and oxygen atoms in total. The molecule has 0 bridgehead atoms. The van der Waals surface area contributed by atoms with Crippen LogP contribution < -0.4 is 5.73 Å². The van der Waals surface area contributed by atoms with Gasteiger partial charge in [0.25, 0.3) is 0 Å². The summed E-state index contributed by atoms with van der Waals surface area (Å²) in [5.74, 6) is 0.993. The molecule has 1 rings (SSSR count). The van der Waals surface area contributed by atoms with Gasteiger partial charge in [-0.2, -0.15) is 11.8 Å². The molecule has 0 aliphatic rings. The van der Waals surface area contributed by atoms with Gasteiger partial charge in [-0.15, -0.1) is 0 Å². The van der Waals surface area contributed by atoms with E-state index in [1.54, 1.807) is 11.8 Å². The van der Waals surface area contributed by atoms with Crippen LogP contribution in [0.15, 0.2) is 24.3 Å². The number of thioether (sulfide) groups is 1. The summed E-state index contributed by atoms with van der Waals surface area (Å²) in [5, 5.41) is 0. The van der Waals surface area contributed by atoms with E-state index in [2.05, 4.69) is 37.4 Å². The quantitative estimate of drug-likeness (QED) is 0.799. The van der Waals surface area contributed by atoms with Gasteiger partial charge in [-0.25, -0.2) is 0 Å². The number of nitrogens with two attached hydrogens (primary N) is 1. The minimum atomic E-state index is 0.182. The van der Waals surface area contributed by atoms with Gasteiger partial charge < -0.3 is 5.73 Å². The molecule has 72 valence electrons. The Hall–Kier alpha value is -0.470. The van der Waals surface area contributed by atoms with E-state index in [4.69, 9.17) is 5.73 Å². The highest BCUT2D eigenvalue weighted by Gasteiger charge is 2.04. The van der Waals surface area contributed by atoms with Crippen LogP contribution in [0.2, 0.25) is 0 Å². The smallest absolute Gasteiger partial charge is 0.0386 e. The van der Waals surface area contributed by atoms with Crippen molar-refractivity contribution >= 4 is 11.8 Å². The molecule has 0 aliphatic carbocycles. The van der Waals surface area contributed by atoms with Gasteiger partial charge in [0.1, 0.15) is 0 Å². The number of rotatable bonds is 4. The van der Waals surface area contributed by atoms with Crippen LogP contribution in [0.25, 0.3) is 0 Å². The molecule has 0 heterocycles. The fourth-order valence-electron chi connectivity index (χ4n) is 1.32. The Bertz CT molecular complexity index is 260. The normalized spacial score (nSPS) is 12.8. The SMILES string of the molecule is CCc1cccc(C(N)CSC)c1. The van der Waals surface area contributed by atoms with Crippen LogP contribution in [-0.4, -0.2) is 12.0 Å². The lowest BCUT2D eigenvalue weighted by molar-refractivity contribution is 0.829. The molecule has 0 amide bonds. The molecule has 0 saturated heterocycles. The predicted molar refractivity (Wildman–Crippen MR) is 61.1 cm³/mol. The molecule has 0 saturated carbocycles. The van der Waals surface area contributed by atoms with Crippen molar-refractivity contribution in [3.8, 4) is 0 Å².